The Kier molecular flexibility index (Phi) is 6.67. The number of nitrogens with one attached hydrogen (secondary N) is 2. The van der Waals surface area contributed by atoms with Gasteiger partial charge < -0.3 is 20.2 Å². The van der Waals surface area contributed by atoms with E-state index in [1.165, 1.54) is 6.26 Å². The van der Waals surface area contributed by atoms with Crippen molar-refractivity contribution in [3.63, 3.8) is 0 Å². The first-order valence-electron chi connectivity index (χ1n) is 8.20. The van der Waals surface area contributed by atoms with Gasteiger partial charge in [0.05, 0.1) is 6.26 Å². The number of hydrogen-bond donors (Lipinski definition) is 3. The van der Waals surface area contributed by atoms with Crippen molar-refractivity contribution in [2.45, 2.75) is 44.4 Å². The van der Waals surface area contributed by atoms with Crippen LogP contribution in [-0.4, -0.2) is 47.8 Å². The number of carbonyl (C=O) groups excluding carboxylic acids is 1. The van der Waals surface area contributed by atoms with E-state index in [0.717, 1.165) is 32.5 Å². The Hall–Kier alpha value is -1.79. The summed E-state index contributed by atoms with van der Waals surface area (Å²) in [5, 5.41) is 15.9. The molecule has 0 aromatic carbocycles. The standard InChI is InChI=1S/C17H27N3O3/c1-3-8-20-9-6-14(7-10-20)19-17(22)18-13(2)12-15(21)16-5-4-11-23-16/h3-5,11,13-15,21H,1,6-10,12H2,2H3,(H2,18,19,22)/t13-,15-/m1/s1. The maximum absolute atomic E-state index is 12.0. The molecule has 1 aromatic heterocycles. The van der Waals surface area contributed by atoms with Gasteiger partial charge in [-0.25, -0.2) is 4.79 Å². The Labute approximate surface area is 137 Å². The number of rotatable bonds is 7. The fourth-order valence-corrected chi connectivity index (χ4v) is 2.88. The summed E-state index contributed by atoms with van der Waals surface area (Å²) in [6.07, 6.45) is 5.05. The Morgan fingerprint density at radius 1 is 1.57 bits per heavy atom. The molecule has 0 spiro atoms. The van der Waals surface area contributed by atoms with Crippen LogP contribution in [0.4, 0.5) is 4.79 Å². The fraction of sp³-hybridized carbons (Fsp3) is 0.588. The van der Waals surface area contributed by atoms with Gasteiger partial charge in [-0.15, -0.1) is 6.58 Å². The summed E-state index contributed by atoms with van der Waals surface area (Å²) in [4.78, 5) is 14.4. The molecule has 3 N–H and O–H groups in total. The highest BCUT2D eigenvalue weighted by Gasteiger charge is 2.21. The van der Waals surface area contributed by atoms with Crippen LogP contribution in [0.2, 0.25) is 0 Å². The minimum Gasteiger partial charge on any atom is -0.467 e. The number of carbonyl (C=O) groups is 1. The average molecular weight is 321 g/mol. The van der Waals surface area contributed by atoms with Crippen LogP contribution >= 0.6 is 0 Å². The molecular formula is C17H27N3O3. The van der Waals surface area contributed by atoms with Crippen LogP contribution in [0.25, 0.3) is 0 Å². The number of aliphatic hydroxyl groups excluding tert-OH is 1. The molecule has 1 fully saturated rings. The maximum atomic E-state index is 12.0. The molecule has 2 amide bonds. The lowest BCUT2D eigenvalue weighted by atomic mass is 10.1. The molecule has 0 unspecified atom stereocenters. The van der Waals surface area contributed by atoms with Crippen LogP contribution in [0.15, 0.2) is 35.5 Å². The number of urea groups is 1. The van der Waals surface area contributed by atoms with Crippen molar-refractivity contribution in [1.82, 2.24) is 15.5 Å². The van der Waals surface area contributed by atoms with Crippen LogP contribution < -0.4 is 10.6 Å². The Morgan fingerprint density at radius 2 is 2.30 bits per heavy atom. The molecule has 2 rings (SSSR count). The highest BCUT2D eigenvalue weighted by molar-refractivity contribution is 5.74. The van der Waals surface area contributed by atoms with Gasteiger partial charge in [-0.2, -0.15) is 0 Å². The molecule has 128 valence electrons. The number of nitrogens with zero attached hydrogens (tertiary/aromatic N) is 1. The van der Waals surface area contributed by atoms with Gasteiger partial charge in [0.25, 0.3) is 0 Å². The number of aliphatic hydroxyl groups is 1. The molecule has 1 saturated heterocycles. The minimum atomic E-state index is -0.706. The summed E-state index contributed by atoms with van der Waals surface area (Å²) in [6, 6.07) is 3.36. The van der Waals surface area contributed by atoms with Gasteiger partial charge in [-0.3, -0.25) is 4.90 Å². The summed E-state index contributed by atoms with van der Waals surface area (Å²) in [5.74, 6) is 0.522. The van der Waals surface area contributed by atoms with Gasteiger partial charge in [-0.05, 0) is 31.9 Å². The van der Waals surface area contributed by atoms with Crippen LogP contribution in [0, 0.1) is 0 Å². The third kappa shape index (κ3) is 5.73. The first kappa shape index (κ1) is 17.6. The quantitative estimate of drug-likeness (QED) is 0.672. The molecule has 23 heavy (non-hydrogen) atoms. The van der Waals surface area contributed by atoms with Crippen molar-refractivity contribution in [3.05, 3.63) is 36.8 Å². The molecule has 2 atom stereocenters. The van der Waals surface area contributed by atoms with E-state index in [1.807, 2.05) is 13.0 Å². The Morgan fingerprint density at radius 3 is 2.91 bits per heavy atom. The zero-order valence-electron chi connectivity index (χ0n) is 13.7. The molecule has 0 saturated carbocycles. The van der Waals surface area contributed by atoms with E-state index < -0.39 is 6.10 Å². The Balaban J connectivity index is 1.67. The van der Waals surface area contributed by atoms with Crippen LogP contribution in [-0.2, 0) is 0 Å². The predicted molar refractivity (Wildman–Crippen MR) is 89.1 cm³/mol. The highest BCUT2D eigenvalue weighted by atomic mass is 16.4. The normalized spacial score (nSPS) is 19.0. The van der Waals surface area contributed by atoms with Crippen molar-refractivity contribution in [2.75, 3.05) is 19.6 Å². The van der Waals surface area contributed by atoms with Crippen LogP contribution in [0.1, 0.15) is 38.1 Å². The first-order valence-corrected chi connectivity index (χ1v) is 8.20. The van der Waals surface area contributed by atoms with Gasteiger partial charge in [0.15, 0.2) is 0 Å². The van der Waals surface area contributed by atoms with E-state index in [9.17, 15) is 9.90 Å². The third-order valence-corrected chi connectivity index (χ3v) is 4.14. The van der Waals surface area contributed by atoms with E-state index in [2.05, 4.69) is 22.1 Å². The van der Waals surface area contributed by atoms with Crippen LogP contribution in [0.3, 0.4) is 0 Å². The molecule has 0 aliphatic carbocycles. The second kappa shape index (κ2) is 8.74. The molecule has 6 heteroatoms. The predicted octanol–water partition coefficient (Wildman–Crippen LogP) is 2.04. The lowest BCUT2D eigenvalue weighted by Crippen LogP contribution is -2.49. The summed E-state index contributed by atoms with van der Waals surface area (Å²) in [5.41, 5.74) is 0. The van der Waals surface area contributed by atoms with Crippen molar-refractivity contribution < 1.29 is 14.3 Å². The number of hydrogen-bond acceptors (Lipinski definition) is 4. The molecular weight excluding hydrogens is 294 g/mol. The van der Waals surface area contributed by atoms with Crippen molar-refractivity contribution >= 4 is 6.03 Å². The number of furan rings is 1. The summed E-state index contributed by atoms with van der Waals surface area (Å²) in [6.45, 7) is 8.48. The zero-order valence-corrected chi connectivity index (χ0v) is 13.7. The zero-order chi connectivity index (χ0) is 16.7. The molecule has 0 radical (unpaired) electrons. The van der Waals surface area contributed by atoms with E-state index in [0.29, 0.717) is 12.2 Å². The maximum Gasteiger partial charge on any atom is 0.315 e. The number of piperidine rings is 1. The second-order valence-corrected chi connectivity index (χ2v) is 6.15. The van der Waals surface area contributed by atoms with Crippen LogP contribution in [0.5, 0.6) is 0 Å². The topological polar surface area (TPSA) is 77.7 Å². The van der Waals surface area contributed by atoms with Gasteiger partial charge in [0.1, 0.15) is 11.9 Å². The highest BCUT2D eigenvalue weighted by Crippen LogP contribution is 2.18. The van der Waals surface area contributed by atoms with Gasteiger partial charge in [0.2, 0.25) is 0 Å². The molecule has 0 bridgehead atoms. The monoisotopic (exact) mass is 321 g/mol. The van der Waals surface area contributed by atoms with E-state index in [4.69, 9.17) is 4.42 Å². The van der Waals surface area contributed by atoms with Crippen molar-refractivity contribution in [2.24, 2.45) is 0 Å². The minimum absolute atomic E-state index is 0.143. The molecule has 1 aromatic rings. The van der Waals surface area contributed by atoms with Gasteiger partial charge in [0, 0.05) is 38.1 Å². The summed E-state index contributed by atoms with van der Waals surface area (Å²) >= 11 is 0. The van der Waals surface area contributed by atoms with E-state index in [1.54, 1.807) is 12.1 Å². The lowest BCUT2D eigenvalue weighted by Gasteiger charge is -2.31. The molecule has 1 aliphatic heterocycles. The number of amides is 2. The van der Waals surface area contributed by atoms with E-state index in [-0.39, 0.29) is 18.1 Å². The fourth-order valence-electron chi connectivity index (χ4n) is 2.88. The lowest BCUT2D eigenvalue weighted by molar-refractivity contribution is 0.129. The largest absolute Gasteiger partial charge is 0.467 e. The SMILES string of the molecule is C=CCN1CCC(NC(=O)N[C@H](C)C[C@@H](O)c2ccco2)CC1. The summed E-state index contributed by atoms with van der Waals surface area (Å²) in [7, 11) is 0. The van der Waals surface area contributed by atoms with Gasteiger partial charge in [-0.1, -0.05) is 6.08 Å². The Bertz CT molecular complexity index is 481. The molecule has 1 aliphatic rings. The molecule has 2 heterocycles. The third-order valence-electron chi connectivity index (χ3n) is 4.14. The van der Waals surface area contributed by atoms with Gasteiger partial charge >= 0.3 is 6.03 Å². The first-order chi connectivity index (χ1) is 11.1. The molecule has 6 nitrogen and oxygen atoms in total. The average Bonchev–Trinajstić information content (AvgIpc) is 3.03. The van der Waals surface area contributed by atoms with E-state index >= 15 is 0 Å². The second-order valence-electron chi connectivity index (χ2n) is 6.15. The van der Waals surface area contributed by atoms with Crippen molar-refractivity contribution in [1.29, 1.82) is 0 Å². The van der Waals surface area contributed by atoms with Crippen molar-refractivity contribution in [3.8, 4) is 0 Å². The smallest absolute Gasteiger partial charge is 0.315 e. The number of likely N-dealkylation sites (tertiary alicyclic amines) is 1. The summed E-state index contributed by atoms with van der Waals surface area (Å²) < 4.78 is 5.16.